The van der Waals surface area contributed by atoms with Gasteiger partial charge in [-0.05, 0) is 33.1 Å². The Labute approximate surface area is 91.0 Å². The molecule has 1 saturated heterocycles. The van der Waals surface area contributed by atoms with Gasteiger partial charge < -0.3 is 9.84 Å². The quantitative estimate of drug-likeness (QED) is 0.727. The largest absolute Gasteiger partial charge is 0.480 e. The molecule has 1 rings (SSSR count). The molecule has 0 bridgehead atoms. The predicted octanol–water partition coefficient (Wildman–Crippen LogP) is 1.40. The van der Waals surface area contributed by atoms with E-state index in [0.717, 1.165) is 12.8 Å². The number of carboxylic acids is 1. The Morgan fingerprint density at radius 1 is 1.60 bits per heavy atom. The van der Waals surface area contributed by atoms with Crippen LogP contribution in [-0.2, 0) is 9.53 Å². The Hall–Kier alpha value is -0.610. The minimum absolute atomic E-state index is 0.172. The minimum atomic E-state index is -0.824. The van der Waals surface area contributed by atoms with Crippen molar-refractivity contribution in [3.63, 3.8) is 0 Å². The fourth-order valence-electron chi connectivity index (χ4n) is 1.73. The van der Waals surface area contributed by atoms with Gasteiger partial charge in [0.25, 0.3) is 0 Å². The molecule has 3 atom stereocenters. The van der Waals surface area contributed by atoms with Crippen molar-refractivity contribution >= 4 is 5.97 Å². The summed E-state index contributed by atoms with van der Waals surface area (Å²) in [5, 5.41) is 12.1. The summed E-state index contributed by atoms with van der Waals surface area (Å²) in [7, 11) is 0. The van der Waals surface area contributed by atoms with E-state index >= 15 is 0 Å². The molecule has 1 aliphatic heterocycles. The maximum absolute atomic E-state index is 11.0. The fraction of sp³-hybridized carbons (Fsp3) is 0.909. The van der Waals surface area contributed by atoms with Crippen molar-refractivity contribution in [2.75, 3.05) is 6.54 Å². The average Bonchev–Trinajstić information content (AvgIpc) is 2.60. The summed E-state index contributed by atoms with van der Waals surface area (Å²) in [5.41, 5.74) is -0.824. The van der Waals surface area contributed by atoms with Crippen molar-refractivity contribution in [2.45, 2.75) is 57.8 Å². The van der Waals surface area contributed by atoms with E-state index in [2.05, 4.69) is 12.2 Å². The number of carbonyl (C=O) groups is 1. The number of rotatable bonds is 5. The van der Waals surface area contributed by atoms with Crippen LogP contribution in [-0.4, -0.2) is 35.4 Å². The zero-order chi connectivity index (χ0) is 11.5. The Morgan fingerprint density at radius 2 is 2.27 bits per heavy atom. The highest BCUT2D eigenvalue weighted by atomic mass is 16.5. The van der Waals surface area contributed by atoms with Crippen molar-refractivity contribution in [2.24, 2.45) is 0 Å². The number of carboxylic acid groups (broad SMARTS) is 1. The van der Waals surface area contributed by atoms with E-state index in [4.69, 9.17) is 9.84 Å². The predicted molar refractivity (Wildman–Crippen MR) is 57.9 cm³/mol. The lowest BCUT2D eigenvalue weighted by atomic mass is 9.99. The monoisotopic (exact) mass is 215 g/mol. The van der Waals surface area contributed by atoms with Crippen molar-refractivity contribution < 1.29 is 14.6 Å². The van der Waals surface area contributed by atoms with Crippen molar-refractivity contribution in [3.8, 4) is 0 Å². The SMILES string of the molecule is CCC(C)(NCC1CCC(C)O1)C(=O)O. The normalized spacial score (nSPS) is 30.1. The van der Waals surface area contributed by atoms with E-state index in [0.29, 0.717) is 19.1 Å². The van der Waals surface area contributed by atoms with Crippen molar-refractivity contribution in [1.29, 1.82) is 0 Å². The van der Waals surface area contributed by atoms with Crippen molar-refractivity contribution in [1.82, 2.24) is 5.32 Å². The van der Waals surface area contributed by atoms with E-state index in [1.165, 1.54) is 0 Å². The summed E-state index contributed by atoms with van der Waals surface area (Å²) < 4.78 is 5.63. The van der Waals surface area contributed by atoms with E-state index in [9.17, 15) is 4.79 Å². The van der Waals surface area contributed by atoms with Crippen LogP contribution in [0.3, 0.4) is 0 Å². The van der Waals surface area contributed by atoms with Gasteiger partial charge in [-0.1, -0.05) is 6.92 Å². The molecule has 0 radical (unpaired) electrons. The van der Waals surface area contributed by atoms with Gasteiger partial charge in [0, 0.05) is 6.54 Å². The Kier molecular flexibility index (Phi) is 4.11. The summed E-state index contributed by atoms with van der Waals surface area (Å²) in [4.78, 5) is 11.0. The molecule has 0 aromatic carbocycles. The van der Waals surface area contributed by atoms with E-state index in [1.54, 1.807) is 6.92 Å². The molecule has 2 N–H and O–H groups in total. The molecule has 1 heterocycles. The molecule has 88 valence electrons. The van der Waals surface area contributed by atoms with Gasteiger partial charge in [-0.15, -0.1) is 0 Å². The molecule has 15 heavy (non-hydrogen) atoms. The highest BCUT2D eigenvalue weighted by molar-refractivity contribution is 5.78. The van der Waals surface area contributed by atoms with Crippen LogP contribution in [0.5, 0.6) is 0 Å². The molecule has 4 heteroatoms. The lowest BCUT2D eigenvalue weighted by molar-refractivity contribution is -0.144. The summed E-state index contributed by atoms with van der Waals surface area (Å²) >= 11 is 0. The third-order valence-corrected chi connectivity index (χ3v) is 3.22. The average molecular weight is 215 g/mol. The maximum atomic E-state index is 11.0. The molecular formula is C11H21NO3. The summed E-state index contributed by atoms with van der Waals surface area (Å²) in [6.45, 7) is 6.27. The van der Waals surface area contributed by atoms with Crippen LogP contribution in [0.15, 0.2) is 0 Å². The number of aliphatic carboxylic acids is 1. The maximum Gasteiger partial charge on any atom is 0.323 e. The van der Waals surface area contributed by atoms with Crippen molar-refractivity contribution in [3.05, 3.63) is 0 Å². The molecule has 4 nitrogen and oxygen atoms in total. The fourth-order valence-corrected chi connectivity index (χ4v) is 1.73. The molecular weight excluding hydrogens is 194 g/mol. The van der Waals surface area contributed by atoms with Gasteiger partial charge in [-0.25, -0.2) is 0 Å². The molecule has 0 spiro atoms. The molecule has 0 aromatic rings. The Morgan fingerprint density at radius 3 is 2.67 bits per heavy atom. The molecule has 0 aliphatic carbocycles. The van der Waals surface area contributed by atoms with Gasteiger partial charge in [0.05, 0.1) is 12.2 Å². The second kappa shape index (κ2) is 4.94. The molecule has 1 fully saturated rings. The van der Waals surface area contributed by atoms with Gasteiger partial charge in [-0.2, -0.15) is 0 Å². The minimum Gasteiger partial charge on any atom is -0.480 e. The third-order valence-electron chi connectivity index (χ3n) is 3.22. The van der Waals surface area contributed by atoms with Crippen LogP contribution in [0.4, 0.5) is 0 Å². The zero-order valence-corrected chi connectivity index (χ0v) is 9.75. The number of hydrogen-bond donors (Lipinski definition) is 2. The number of nitrogens with one attached hydrogen (secondary N) is 1. The lowest BCUT2D eigenvalue weighted by Crippen LogP contribution is -2.51. The van der Waals surface area contributed by atoms with Gasteiger partial charge in [-0.3, -0.25) is 10.1 Å². The molecule has 1 aliphatic rings. The van der Waals surface area contributed by atoms with Gasteiger partial charge >= 0.3 is 5.97 Å². The first-order chi connectivity index (χ1) is 6.98. The van der Waals surface area contributed by atoms with Crippen LogP contribution in [0.1, 0.15) is 40.0 Å². The van der Waals surface area contributed by atoms with Gasteiger partial charge in [0.2, 0.25) is 0 Å². The summed E-state index contributed by atoms with van der Waals surface area (Å²) in [6, 6.07) is 0. The highest BCUT2D eigenvalue weighted by Gasteiger charge is 2.32. The van der Waals surface area contributed by atoms with Crippen LogP contribution in [0.25, 0.3) is 0 Å². The molecule has 0 amide bonds. The third kappa shape index (κ3) is 3.18. The van der Waals surface area contributed by atoms with Crippen LogP contribution in [0.2, 0.25) is 0 Å². The topological polar surface area (TPSA) is 58.6 Å². The summed E-state index contributed by atoms with van der Waals surface area (Å²) in [6.07, 6.45) is 3.15. The first-order valence-corrected chi connectivity index (χ1v) is 5.62. The highest BCUT2D eigenvalue weighted by Crippen LogP contribution is 2.19. The van der Waals surface area contributed by atoms with Crippen LogP contribution < -0.4 is 5.32 Å². The van der Waals surface area contributed by atoms with E-state index in [-0.39, 0.29) is 6.10 Å². The Bertz CT molecular complexity index is 232. The first kappa shape index (κ1) is 12.5. The second-order valence-electron chi connectivity index (χ2n) is 4.52. The lowest BCUT2D eigenvalue weighted by Gasteiger charge is -2.26. The summed E-state index contributed by atoms with van der Waals surface area (Å²) in [5.74, 6) is -0.795. The van der Waals surface area contributed by atoms with Gasteiger partial charge in [0.1, 0.15) is 5.54 Å². The van der Waals surface area contributed by atoms with Crippen LogP contribution in [0, 0.1) is 0 Å². The standard InChI is InChI=1S/C11H21NO3/c1-4-11(3,10(13)14)12-7-9-6-5-8(2)15-9/h8-9,12H,4-7H2,1-3H3,(H,13,14). The van der Waals surface area contributed by atoms with Gasteiger partial charge in [0.15, 0.2) is 0 Å². The smallest absolute Gasteiger partial charge is 0.323 e. The second-order valence-corrected chi connectivity index (χ2v) is 4.52. The zero-order valence-electron chi connectivity index (χ0n) is 9.75. The first-order valence-electron chi connectivity index (χ1n) is 5.62. The molecule has 0 aromatic heterocycles. The number of hydrogen-bond acceptors (Lipinski definition) is 3. The molecule has 0 saturated carbocycles. The van der Waals surface area contributed by atoms with E-state index in [1.807, 2.05) is 6.92 Å². The van der Waals surface area contributed by atoms with Crippen LogP contribution >= 0.6 is 0 Å². The Balaban J connectivity index is 2.38. The van der Waals surface area contributed by atoms with E-state index < -0.39 is 11.5 Å². The molecule has 3 unspecified atom stereocenters. The number of ether oxygens (including phenoxy) is 1.